The van der Waals surface area contributed by atoms with Crippen LogP contribution in [-0.2, 0) is 22.5 Å². The molecule has 0 amide bonds. The highest BCUT2D eigenvalue weighted by Crippen LogP contribution is 2.25. The molecule has 112 valence electrons. The maximum Gasteiger partial charge on any atom is 0.328 e. The third-order valence-corrected chi connectivity index (χ3v) is 4.49. The quantitative estimate of drug-likeness (QED) is 0.793. The van der Waals surface area contributed by atoms with E-state index in [2.05, 4.69) is 18.3 Å². The van der Waals surface area contributed by atoms with Gasteiger partial charge in [-0.25, -0.2) is 4.79 Å². The molecule has 1 aromatic heterocycles. The third-order valence-electron chi connectivity index (χ3n) is 3.19. The van der Waals surface area contributed by atoms with Crippen molar-refractivity contribution in [2.45, 2.75) is 32.9 Å². The molecule has 0 aliphatic rings. The van der Waals surface area contributed by atoms with E-state index in [9.17, 15) is 4.79 Å². The summed E-state index contributed by atoms with van der Waals surface area (Å²) in [6.07, 6.45) is 0.985. The van der Waals surface area contributed by atoms with Gasteiger partial charge >= 0.3 is 5.97 Å². The van der Waals surface area contributed by atoms with Gasteiger partial charge in [-0.05, 0) is 31.0 Å². The van der Waals surface area contributed by atoms with E-state index < -0.39 is 6.04 Å². The fourth-order valence-electron chi connectivity index (χ4n) is 2.08. The molecule has 1 atom stereocenters. The third kappa shape index (κ3) is 4.41. The number of rotatable bonds is 7. The lowest BCUT2D eigenvalue weighted by molar-refractivity contribution is -0.145. The Balaban J connectivity index is 2.10. The topological polar surface area (TPSA) is 38.3 Å². The highest BCUT2D eigenvalue weighted by molar-refractivity contribution is 7.12. The predicted octanol–water partition coefficient (Wildman–Crippen LogP) is 3.70. The summed E-state index contributed by atoms with van der Waals surface area (Å²) < 4.78 is 5.19. The summed E-state index contributed by atoms with van der Waals surface area (Å²) in [5.41, 5.74) is 1.15. The zero-order valence-corrected chi connectivity index (χ0v) is 13.3. The van der Waals surface area contributed by atoms with Gasteiger partial charge in [0.1, 0.15) is 6.04 Å². The van der Waals surface area contributed by atoms with Crippen molar-refractivity contribution in [2.75, 3.05) is 6.61 Å². The molecule has 0 radical (unpaired) electrons. The molecule has 1 unspecified atom stereocenters. The molecular formula is C17H21NO2S. The van der Waals surface area contributed by atoms with Gasteiger partial charge in [0.2, 0.25) is 0 Å². The number of thiophene rings is 1. The number of aryl methyl sites for hydroxylation is 1. The molecule has 1 aromatic carbocycles. The molecule has 2 rings (SSSR count). The van der Waals surface area contributed by atoms with Crippen LogP contribution in [0.1, 0.15) is 35.2 Å². The molecule has 0 saturated heterocycles. The molecule has 0 aliphatic heterocycles. The first-order chi connectivity index (χ1) is 10.2. The monoisotopic (exact) mass is 303 g/mol. The van der Waals surface area contributed by atoms with Gasteiger partial charge < -0.3 is 4.74 Å². The van der Waals surface area contributed by atoms with E-state index in [-0.39, 0.29) is 5.97 Å². The summed E-state index contributed by atoms with van der Waals surface area (Å²) in [6.45, 7) is 4.99. The van der Waals surface area contributed by atoms with Crippen molar-refractivity contribution in [1.82, 2.24) is 5.32 Å². The Morgan fingerprint density at radius 1 is 1.19 bits per heavy atom. The van der Waals surface area contributed by atoms with Gasteiger partial charge in [0, 0.05) is 16.3 Å². The Labute approximate surface area is 130 Å². The normalized spacial score (nSPS) is 12.1. The summed E-state index contributed by atoms with van der Waals surface area (Å²) in [6, 6.07) is 13.8. The first-order valence-electron chi connectivity index (χ1n) is 7.27. The Kier molecular flexibility index (Phi) is 5.96. The predicted molar refractivity (Wildman–Crippen MR) is 86.4 cm³/mol. The molecular weight excluding hydrogens is 282 g/mol. The zero-order chi connectivity index (χ0) is 15.1. The van der Waals surface area contributed by atoms with Gasteiger partial charge in [-0.15, -0.1) is 11.3 Å². The van der Waals surface area contributed by atoms with Gasteiger partial charge in [0.15, 0.2) is 0 Å². The van der Waals surface area contributed by atoms with E-state index in [1.165, 1.54) is 4.88 Å². The van der Waals surface area contributed by atoms with Crippen LogP contribution >= 0.6 is 11.3 Å². The summed E-state index contributed by atoms with van der Waals surface area (Å²) >= 11 is 1.67. The van der Waals surface area contributed by atoms with Crippen molar-refractivity contribution >= 4 is 17.3 Å². The first kappa shape index (κ1) is 15.7. The number of benzene rings is 1. The molecule has 0 saturated carbocycles. The van der Waals surface area contributed by atoms with Crippen LogP contribution in [0.4, 0.5) is 0 Å². The number of hydrogen-bond donors (Lipinski definition) is 1. The molecule has 1 heterocycles. The van der Waals surface area contributed by atoms with E-state index in [1.807, 2.05) is 43.3 Å². The average molecular weight is 303 g/mol. The Bertz CT molecular complexity index is 565. The number of carbonyl (C=O) groups excluding carboxylic acids is 1. The van der Waals surface area contributed by atoms with Crippen molar-refractivity contribution in [2.24, 2.45) is 0 Å². The fourth-order valence-corrected chi connectivity index (χ4v) is 3.10. The van der Waals surface area contributed by atoms with Crippen LogP contribution in [0.15, 0.2) is 42.5 Å². The largest absolute Gasteiger partial charge is 0.465 e. The van der Waals surface area contributed by atoms with Gasteiger partial charge in [0.05, 0.1) is 6.61 Å². The van der Waals surface area contributed by atoms with Gasteiger partial charge in [-0.3, -0.25) is 5.32 Å². The fraction of sp³-hybridized carbons (Fsp3) is 0.353. The van der Waals surface area contributed by atoms with Crippen molar-refractivity contribution in [3.8, 4) is 0 Å². The molecule has 21 heavy (non-hydrogen) atoms. The van der Waals surface area contributed by atoms with E-state index in [4.69, 9.17) is 4.74 Å². The van der Waals surface area contributed by atoms with Crippen LogP contribution in [-0.4, -0.2) is 12.6 Å². The first-order valence-corrected chi connectivity index (χ1v) is 8.08. The number of hydrogen-bond acceptors (Lipinski definition) is 4. The molecule has 4 heteroatoms. The van der Waals surface area contributed by atoms with Crippen LogP contribution in [0.3, 0.4) is 0 Å². The molecule has 0 fully saturated rings. The number of nitrogens with one attached hydrogen (secondary N) is 1. The maximum atomic E-state index is 12.2. The van der Waals surface area contributed by atoms with Crippen molar-refractivity contribution < 1.29 is 9.53 Å². The minimum atomic E-state index is -0.393. The molecule has 2 aromatic rings. The second kappa shape index (κ2) is 7.96. The summed E-state index contributed by atoms with van der Waals surface area (Å²) in [4.78, 5) is 14.5. The standard InChI is InChI=1S/C17H21NO2S/c1-3-14-10-11-15(21-14)16(17(19)20-4-2)18-12-13-8-6-5-7-9-13/h5-11,16,18H,3-4,12H2,1-2H3. The van der Waals surface area contributed by atoms with Crippen LogP contribution in [0.2, 0.25) is 0 Å². The van der Waals surface area contributed by atoms with Crippen LogP contribution in [0.25, 0.3) is 0 Å². The lowest BCUT2D eigenvalue weighted by Gasteiger charge is -2.16. The summed E-state index contributed by atoms with van der Waals surface area (Å²) in [7, 11) is 0. The van der Waals surface area contributed by atoms with Crippen LogP contribution in [0.5, 0.6) is 0 Å². The van der Waals surface area contributed by atoms with Crippen LogP contribution < -0.4 is 5.32 Å². The van der Waals surface area contributed by atoms with Crippen LogP contribution in [0, 0.1) is 0 Å². The Morgan fingerprint density at radius 3 is 2.57 bits per heavy atom. The van der Waals surface area contributed by atoms with Crippen molar-refractivity contribution in [3.63, 3.8) is 0 Å². The Hall–Kier alpha value is -1.65. The smallest absolute Gasteiger partial charge is 0.328 e. The lowest BCUT2D eigenvalue weighted by atomic mass is 10.2. The molecule has 3 nitrogen and oxygen atoms in total. The second-order valence-corrected chi connectivity index (χ2v) is 5.91. The highest BCUT2D eigenvalue weighted by Gasteiger charge is 2.23. The highest BCUT2D eigenvalue weighted by atomic mass is 32.1. The maximum absolute atomic E-state index is 12.2. The minimum Gasteiger partial charge on any atom is -0.465 e. The van der Waals surface area contributed by atoms with Gasteiger partial charge in [-0.2, -0.15) is 0 Å². The number of esters is 1. The van der Waals surface area contributed by atoms with Gasteiger partial charge in [0.25, 0.3) is 0 Å². The Morgan fingerprint density at radius 2 is 1.95 bits per heavy atom. The minimum absolute atomic E-state index is 0.210. The summed E-state index contributed by atoms with van der Waals surface area (Å²) in [5, 5.41) is 3.31. The second-order valence-electron chi connectivity index (χ2n) is 4.71. The van der Waals surface area contributed by atoms with Gasteiger partial charge in [-0.1, -0.05) is 37.3 Å². The zero-order valence-electron chi connectivity index (χ0n) is 12.5. The van der Waals surface area contributed by atoms with Crippen molar-refractivity contribution in [3.05, 3.63) is 57.8 Å². The lowest BCUT2D eigenvalue weighted by Crippen LogP contribution is -2.29. The van der Waals surface area contributed by atoms with E-state index >= 15 is 0 Å². The molecule has 0 spiro atoms. The van der Waals surface area contributed by atoms with Crippen molar-refractivity contribution in [1.29, 1.82) is 0 Å². The van der Waals surface area contributed by atoms with E-state index in [0.717, 1.165) is 16.9 Å². The number of carbonyl (C=O) groups is 1. The number of ether oxygens (including phenoxy) is 1. The van der Waals surface area contributed by atoms with E-state index in [0.29, 0.717) is 13.2 Å². The van der Waals surface area contributed by atoms with E-state index in [1.54, 1.807) is 11.3 Å². The molecule has 0 bridgehead atoms. The molecule has 0 aliphatic carbocycles. The SMILES string of the molecule is CCOC(=O)C(NCc1ccccc1)c1ccc(CC)s1. The molecule has 1 N–H and O–H groups in total. The average Bonchev–Trinajstić information content (AvgIpc) is 2.98. The summed E-state index contributed by atoms with van der Waals surface area (Å²) in [5.74, 6) is -0.210.